The number of amides is 1. The standard InChI is InChI=1S/C15H19NO3/c1-4-9-16(2)15(18)13-7-8-14(19-3)12(11-13)6-5-10-17/h7-8,11,17H,4,9-10H2,1-3H3. The number of methoxy groups -OCH3 is 1. The van der Waals surface area contributed by atoms with E-state index in [4.69, 9.17) is 9.84 Å². The molecule has 0 heterocycles. The molecule has 0 fully saturated rings. The molecule has 102 valence electrons. The maximum atomic E-state index is 12.1. The van der Waals surface area contributed by atoms with Crippen molar-refractivity contribution in [3.05, 3.63) is 29.3 Å². The number of benzene rings is 1. The first kappa shape index (κ1) is 15.1. The van der Waals surface area contributed by atoms with Crippen molar-refractivity contribution in [1.82, 2.24) is 4.90 Å². The zero-order chi connectivity index (χ0) is 14.3. The molecule has 0 saturated heterocycles. The Balaban J connectivity index is 3.07. The van der Waals surface area contributed by atoms with E-state index < -0.39 is 0 Å². The number of nitrogens with zero attached hydrogens (tertiary/aromatic N) is 1. The molecule has 0 aliphatic rings. The van der Waals surface area contributed by atoms with Crippen LogP contribution in [0.3, 0.4) is 0 Å². The second-order valence-corrected chi connectivity index (χ2v) is 4.10. The SMILES string of the molecule is CCCN(C)C(=O)c1ccc(OC)c(C#CCO)c1. The molecule has 1 aromatic rings. The highest BCUT2D eigenvalue weighted by Gasteiger charge is 2.12. The van der Waals surface area contributed by atoms with Crippen LogP contribution in [0.1, 0.15) is 29.3 Å². The number of hydrogen-bond donors (Lipinski definition) is 1. The molecular weight excluding hydrogens is 242 g/mol. The molecule has 1 amide bonds. The van der Waals surface area contributed by atoms with Gasteiger partial charge in [-0.1, -0.05) is 18.8 Å². The summed E-state index contributed by atoms with van der Waals surface area (Å²) >= 11 is 0. The lowest BCUT2D eigenvalue weighted by atomic mass is 10.1. The Labute approximate surface area is 114 Å². The Kier molecular flexibility index (Phi) is 5.91. The van der Waals surface area contributed by atoms with Crippen LogP contribution in [0, 0.1) is 11.8 Å². The van der Waals surface area contributed by atoms with Gasteiger partial charge in [-0.2, -0.15) is 0 Å². The van der Waals surface area contributed by atoms with Crippen molar-refractivity contribution in [3.8, 4) is 17.6 Å². The van der Waals surface area contributed by atoms with Crippen molar-refractivity contribution in [2.75, 3.05) is 27.3 Å². The lowest BCUT2D eigenvalue weighted by molar-refractivity contribution is 0.0795. The van der Waals surface area contributed by atoms with Crippen molar-refractivity contribution in [2.45, 2.75) is 13.3 Å². The Hall–Kier alpha value is -1.99. The number of carbonyl (C=O) groups is 1. The summed E-state index contributed by atoms with van der Waals surface area (Å²) in [6.07, 6.45) is 0.912. The quantitative estimate of drug-likeness (QED) is 0.836. The highest BCUT2D eigenvalue weighted by Crippen LogP contribution is 2.19. The van der Waals surface area contributed by atoms with Gasteiger partial charge in [-0.05, 0) is 24.6 Å². The maximum Gasteiger partial charge on any atom is 0.253 e. The first-order valence-electron chi connectivity index (χ1n) is 6.17. The van der Waals surface area contributed by atoms with E-state index in [0.717, 1.165) is 6.42 Å². The summed E-state index contributed by atoms with van der Waals surface area (Å²) in [5, 5.41) is 8.74. The van der Waals surface area contributed by atoms with Crippen LogP contribution in [0.5, 0.6) is 5.75 Å². The molecular formula is C15H19NO3. The molecule has 1 aromatic carbocycles. The van der Waals surface area contributed by atoms with Crippen LogP contribution in [0.4, 0.5) is 0 Å². The molecule has 0 unspecified atom stereocenters. The fraction of sp³-hybridized carbons (Fsp3) is 0.400. The van der Waals surface area contributed by atoms with Crippen molar-refractivity contribution in [2.24, 2.45) is 0 Å². The van der Waals surface area contributed by atoms with Crippen LogP contribution >= 0.6 is 0 Å². The number of hydrogen-bond acceptors (Lipinski definition) is 3. The largest absolute Gasteiger partial charge is 0.495 e. The first-order chi connectivity index (χ1) is 9.13. The van der Waals surface area contributed by atoms with E-state index >= 15 is 0 Å². The van der Waals surface area contributed by atoms with Gasteiger partial charge >= 0.3 is 0 Å². The van der Waals surface area contributed by atoms with Gasteiger partial charge in [-0.3, -0.25) is 4.79 Å². The molecule has 1 N–H and O–H groups in total. The first-order valence-corrected chi connectivity index (χ1v) is 6.17. The van der Waals surface area contributed by atoms with E-state index in [1.807, 2.05) is 6.92 Å². The van der Waals surface area contributed by atoms with E-state index in [9.17, 15) is 4.79 Å². The van der Waals surface area contributed by atoms with Crippen LogP contribution < -0.4 is 4.74 Å². The molecule has 0 saturated carbocycles. The molecule has 0 aliphatic carbocycles. The van der Waals surface area contributed by atoms with Crippen molar-refractivity contribution < 1.29 is 14.6 Å². The average molecular weight is 261 g/mol. The Morgan fingerprint density at radius 1 is 1.47 bits per heavy atom. The second kappa shape index (κ2) is 7.45. The highest BCUT2D eigenvalue weighted by molar-refractivity contribution is 5.94. The van der Waals surface area contributed by atoms with E-state index in [-0.39, 0.29) is 12.5 Å². The van der Waals surface area contributed by atoms with Gasteiger partial charge in [0.1, 0.15) is 12.4 Å². The van der Waals surface area contributed by atoms with E-state index in [1.165, 1.54) is 0 Å². The number of aliphatic hydroxyl groups is 1. The summed E-state index contributed by atoms with van der Waals surface area (Å²) in [5.74, 6) is 5.89. The topological polar surface area (TPSA) is 49.8 Å². The molecule has 0 spiro atoms. The second-order valence-electron chi connectivity index (χ2n) is 4.10. The molecule has 0 atom stereocenters. The fourth-order valence-electron chi connectivity index (χ4n) is 1.73. The summed E-state index contributed by atoms with van der Waals surface area (Å²) in [6.45, 7) is 2.51. The van der Waals surface area contributed by atoms with Crippen LogP contribution in [0.2, 0.25) is 0 Å². The molecule has 0 aliphatic heterocycles. The molecule has 0 radical (unpaired) electrons. The number of rotatable bonds is 4. The minimum atomic E-state index is -0.225. The molecule has 19 heavy (non-hydrogen) atoms. The molecule has 0 bridgehead atoms. The maximum absolute atomic E-state index is 12.1. The Morgan fingerprint density at radius 3 is 2.79 bits per heavy atom. The van der Waals surface area contributed by atoms with Gasteiger partial charge in [-0.25, -0.2) is 0 Å². The van der Waals surface area contributed by atoms with Gasteiger partial charge in [0.2, 0.25) is 0 Å². The van der Waals surface area contributed by atoms with Crippen LogP contribution in [0.25, 0.3) is 0 Å². The van der Waals surface area contributed by atoms with Crippen LogP contribution in [0.15, 0.2) is 18.2 Å². The van der Waals surface area contributed by atoms with Crippen molar-refractivity contribution in [1.29, 1.82) is 0 Å². The summed E-state index contributed by atoms with van der Waals surface area (Å²) in [6, 6.07) is 5.13. The van der Waals surface area contributed by atoms with E-state index in [0.29, 0.717) is 23.4 Å². The van der Waals surface area contributed by atoms with E-state index in [1.54, 1.807) is 37.3 Å². The third-order valence-corrected chi connectivity index (χ3v) is 2.65. The predicted octanol–water partition coefficient (Wildman–Crippen LogP) is 1.52. The number of ether oxygens (including phenoxy) is 1. The zero-order valence-electron chi connectivity index (χ0n) is 11.6. The van der Waals surface area contributed by atoms with Gasteiger partial charge in [0.15, 0.2) is 0 Å². The van der Waals surface area contributed by atoms with E-state index in [2.05, 4.69) is 11.8 Å². The third kappa shape index (κ3) is 4.01. The third-order valence-electron chi connectivity index (χ3n) is 2.65. The summed E-state index contributed by atoms with van der Waals surface area (Å²) in [5.41, 5.74) is 1.17. The van der Waals surface area contributed by atoms with Gasteiger partial charge in [0.05, 0.1) is 12.7 Å². The normalized spacial score (nSPS) is 9.47. The lowest BCUT2D eigenvalue weighted by Gasteiger charge is -2.16. The lowest BCUT2D eigenvalue weighted by Crippen LogP contribution is -2.27. The Morgan fingerprint density at radius 2 is 2.21 bits per heavy atom. The summed E-state index contributed by atoms with van der Waals surface area (Å²) in [4.78, 5) is 13.8. The summed E-state index contributed by atoms with van der Waals surface area (Å²) < 4.78 is 5.18. The smallest absolute Gasteiger partial charge is 0.253 e. The van der Waals surface area contributed by atoms with Gasteiger partial charge < -0.3 is 14.7 Å². The Bertz CT molecular complexity index is 500. The molecule has 4 heteroatoms. The monoisotopic (exact) mass is 261 g/mol. The molecule has 0 aromatic heterocycles. The van der Waals surface area contributed by atoms with Crippen LogP contribution in [-0.2, 0) is 0 Å². The van der Waals surface area contributed by atoms with Crippen molar-refractivity contribution in [3.63, 3.8) is 0 Å². The number of carbonyl (C=O) groups excluding carboxylic acids is 1. The zero-order valence-corrected chi connectivity index (χ0v) is 11.6. The van der Waals surface area contributed by atoms with Gasteiger partial charge in [-0.15, -0.1) is 0 Å². The van der Waals surface area contributed by atoms with Crippen LogP contribution in [-0.4, -0.2) is 43.2 Å². The minimum absolute atomic E-state index is 0.0449. The highest BCUT2D eigenvalue weighted by atomic mass is 16.5. The number of aliphatic hydroxyl groups excluding tert-OH is 1. The fourth-order valence-corrected chi connectivity index (χ4v) is 1.73. The predicted molar refractivity (Wildman–Crippen MR) is 74.2 cm³/mol. The minimum Gasteiger partial charge on any atom is -0.495 e. The van der Waals surface area contributed by atoms with Gasteiger partial charge in [0.25, 0.3) is 5.91 Å². The average Bonchev–Trinajstić information content (AvgIpc) is 2.44. The van der Waals surface area contributed by atoms with Gasteiger partial charge in [0, 0.05) is 19.2 Å². The van der Waals surface area contributed by atoms with Crippen molar-refractivity contribution >= 4 is 5.91 Å². The summed E-state index contributed by atoms with van der Waals surface area (Å²) in [7, 11) is 3.32. The molecule has 1 rings (SSSR count). The molecule has 4 nitrogen and oxygen atoms in total.